The molecule has 0 aliphatic rings. The zero-order valence-electron chi connectivity index (χ0n) is 18.1. The van der Waals surface area contributed by atoms with Crippen molar-refractivity contribution in [1.82, 2.24) is 5.32 Å². The van der Waals surface area contributed by atoms with Crippen molar-refractivity contribution in [2.24, 2.45) is 0 Å². The van der Waals surface area contributed by atoms with Crippen LogP contribution in [0.5, 0.6) is 0 Å². The van der Waals surface area contributed by atoms with E-state index in [1.54, 1.807) is 12.1 Å². The fourth-order valence-electron chi connectivity index (χ4n) is 2.22. The Morgan fingerprint density at radius 1 is 1.11 bits per heavy atom. The molecule has 1 N–H and O–H groups in total. The number of halogens is 1. The first-order chi connectivity index (χ1) is 12.2. The van der Waals surface area contributed by atoms with Crippen LogP contribution in [0, 0.1) is 5.82 Å². The molecule has 1 aromatic rings. The van der Waals surface area contributed by atoms with Gasteiger partial charge in [-0.25, -0.2) is 4.39 Å². The number of benzene rings is 1. The van der Waals surface area contributed by atoms with Crippen molar-refractivity contribution >= 4 is 14.3 Å². The highest BCUT2D eigenvalue weighted by molar-refractivity contribution is 6.74. The summed E-state index contributed by atoms with van der Waals surface area (Å²) in [5, 5.41) is 3.48. The van der Waals surface area contributed by atoms with Gasteiger partial charge in [0.2, 0.25) is 0 Å². The maximum absolute atomic E-state index is 13.3. The minimum absolute atomic E-state index is 0.108. The lowest BCUT2D eigenvalue weighted by atomic mass is 10.1. The number of nitrogens with one attached hydrogen (secondary N) is 1. The molecule has 0 spiro atoms. The summed E-state index contributed by atoms with van der Waals surface area (Å²) in [6.07, 6.45) is 0.273. The first-order valence-electron chi connectivity index (χ1n) is 9.56. The lowest BCUT2D eigenvalue weighted by Gasteiger charge is -2.37. The van der Waals surface area contributed by atoms with E-state index in [1.807, 2.05) is 20.8 Å². The molecular formula is C21H36FNO3Si. The number of ether oxygens (including phenoxy) is 1. The largest absolute Gasteiger partial charge is 0.460 e. The molecule has 0 heterocycles. The molecule has 0 aromatic heterocycles. The second-order valence-electron chi connectivity index (χ2n) is 9.47. The lowest BCUT2D eigenvalue weighted by molar-refractivity contribution is -0.154. The normalized spacial score (nSPS) is 14.1. The van der Waals surface area contributed by atoms with Crippen LogP contribution in [0.4, 0.5) is 4.39 Å². The minimum Gasteiger partial charge on any atom is -0.460 e. The van der Waals surface area contributed by atoms with E-state index in [4.69, 9.17) is 9.16 Å². The SMILES string of the molecule is CC(C)(C)OC(=O)CCN[C@@H](CO[Si](C)(C)C(C)(C)C)c1ccc(F)cc1. The minimum atomic E-state index is -1.91. The van der Waals surface area contributed by atoms with Crippen LogP contribution in [0.25, 0.3) is 0 Å². The van der Waals surface area contributed by atoms with Crippen LogP contribution in [0.2, 0.25) is 18.1 Å². The molecule has 1 atom stereocenters. The molecule has 154 valence electrons. The first kappa shape index (κ1) is 23.8. The number of rotatable bonds is 8. The fraction of sp³-hybridized carbons (Fsp3) is 0.667. The first-order valence-corrected chi connectivity index (χ1v) is 12.5. The third-order valence-corrected chi connectivity index (χ3v) is 9.33. The van der Waals surface area contributed by atoms with E-state index in [0.717, 1.165) is 5.56 Å². The molecular weight excluding hydrogens is 361 g/mol. The van der Waals surface area contributed by atoms with E-state index in [2.05, 4.69) is 39.2 Å². The summed E-state index contributed by atoms with van der Waals surface area (Å²) < 4.78 is 25.0. The predicted octanol–water partition coefficient (Wildman–Crippen LogP) is 5.21. The molecule has 0 saturated heterocycles. The summed E-state index contributed by atoms with van der Waals surface area (Å²) in [5.74, 6) is -0.505. The van der Waals surface area contributed by atoms with Crippen LogP contribution in [-0.4, -0.2) is 33.0 Å². The maximum Gasteiger partial charge on any atom is 0.307 e. The Hall–Kier alpha value is -1.24. The number of carbonyl (C=O) groups is 1. The molecule has 0 aliphatic carbocycles. The monoisotopic (exact) mass is 397 g/mol. The molecule has 0 fully saturated rings. The van der Waals surface area contributed by atoms with Crippen LogP contribution >= 0.6 is 0 Å². The summed E-state index contributed by atoms with van der Waals surface area (Å²) >= 11 is 0. The van der Waals surface area contributed by atoms with Crippen molar-refractivity contribution in [3.63, 3.8) is 0 Å². The molecule has 1 rings (SSSR count). The molecule has 1 aromatic carbocycles. The second-order valence-corrected chi connectivity index (χ2v) is 14.3. The Balaban J connectivity index is 2.75. The summed E-state index contributed by atoms with van der Waals surface area (Å²) in [6.45, 7) is 17.5. The fourth-order valence-corrected chi connectivity index (χ4v) is 3.23. The third-order valence-electron chi connectivity index (χ3n) is 4.83. The summed E-state index contributed by atoms with van der Waals surface area (Å²) in [4.78, 5) is 11.9. The van der Waals surface area contributed by atoms with Gasteiger partial charge in [-0.15, -0.1) is 0 Å². The molecule has 27 heavy (non-hydrogen) atoms. The predicted molar refractivity (Wildman–Crippen MR) is 111 cm³/mol. The summed E-state index contributed by atoms with van der Waals surface area (Å²) in [6, 6.07) is 6.31. The Morgan fingerprint density at radius 3 is 2.15 bits per heavy atom. The molecule has 0 bridgehead atoms. The topological polar surface area (TPSA) is 47.6 Å². The zero-order valence-corrected chi connectivity index (χ0v) is 19.1. The van der Waals surface area contributed by atoms with Gasteiger partial charge in [0.15, 0.2) is 8.32 Å². The summed E-state index contributed by atoms with van der Waals surface area (Å²) in [7, 11) is -1.91. The number of hydrogen-bond acceptors (Lipinski definition) is 4. The number of hydrogen-bond donors (Lipinski definition) is 1. The third kappa shape index (κ3) is 8.54. The standard InChI is InChI=1S/C21H36FNO3Si/c1-20(2,3)26-19(24)13-14-23-18(16-9-11-17(22)12-10-16)15-25-27(7,8)21(4,5)6/h9-12,18,23H,13-15H2,1-8H3/t18-/m0/s1. The van der Waals surface area contributed by atoms with Gasteiger partial charge in [0.05, 0.1) is 19.1 Å². The highest BCUT2D eigenvalue weighted by Gasteiger charge is 2.37. The van der Waals surface area contributed by atoms with Crippen LogP contribution in [-0.2, 0) is 14.0 Å². The molecule has 0 radical (unpaired) electrons. The second kappa shape index (κ2) is 9.30. The van der Waals surface area contributed by atoms with E-state index < -0.39 is 13.9 Å². The van der Waals surface area contributed by atoms with E-state index in [1.165, 1.54) is 12.1 Å². The van der Waals surface area contributed by atoms with Crippen molar-refractivity contribution in [1.29, 1.82) is 0 Å². The van der Waals surface area contributed by atoms with Gasteiger partial charge >= 0.3 is 5.97 Å². The quantitative estimate of drug-likeness (QED) is 0.483. The van der Waals surface area contributed by atoms with Gasteiger partial charge in [-0.2, -0.15) is 0 Å². The Kier molecular flexibility index (Phi) is 8.20. The molecule has 6 heteroatoms. The van der Waals surface area contributed by atoms with Gasteiger partial charge in [-0.1, -0.05) is 32.9 Å². The molecule has 0 aliphatic heterocycles. The van der Waals surface area contributed by atoms with Gasteiger partial charge in [0.1, 0.15) is 11.4 Å². The average Bonchev–Trinajstić information content (AvgIpc) is 2.48. The molecule has 4 nitrogen and oxygen atoms in total. The van der Waals surface area contributed by atoms with Crippen molar-refractivity contribution in [2.45, 2.75) is 77.7 Å². The number of carbonyl (C=O) groups excluding carboxylic acids is 1. The van der Waals surface area contributed by atoms with Crippen molar-refractivity contribution < 1.29 is 18.3 Å². The molecule has 0 unspecified atom stereocenters. The van der Waals surface area contributed by atoms with Crippen LogP contribution in [0.1, 0.15) is 59.6 Å². The summed E-state index contributed by atoms with van der Waals surface area (Å²) in [5.41, 5.74) is 0.457. The maximum atomic E-state index is 13.3. The van der Waals surface area contributed by atoms with Crippen molar-refractivity contribution in [2.75, 3.05) is 13.2 Å². The highest BCUT2D eigenvalue weighted by Crippen LogP contribution is 2.37. The van der Waals surface area contributed by atoms with Gasteiger partial charge < -0.3 is 14.5 Å². The van der Waals surface area contributed by atoms with E-state index in [9.17, 15) is 9.18 Å². The van der Waals surface area contributed by atoms with Crippen LogP contribution < -0.4 is 5.32 Å². The van der Waals surface area contributed by atoms with E-state index >= 15 is 0 Å². The van der Waals surface area contributed by atoms with Gasteiger partial charge in [-0.05, 0) is 56.6 Å². The van der Waals surface area contributed by atoms with Gasteiger partial charge in [-0.3, -0.25) is 4.79 Å². The van der Waals surface area contributed by atoms with Gasteiger partial charge in [0, 0.05) is 6.54 Å². The van der Waals surface area contributed by atoms with Crippen LogP contribution in [0.3, 0.4) is 0 Å². The van der Waals surface area contributed by atoms with Gasteiger partial charge in [0.25, 0.3) is 0 Å². The lowest BCUT2D eigenvalue weighted by Crippen LogP contribution is -2.43. The Labute approximate surface area is 165 Å². The van der Waals surface area contributed by atoms with E-state index in [-0.39, 0.29) is 29.3 Å². The average molecular weight is 398 g/mol. The molecule has 0 amide bonds. The highest BCUT2D eigenvalue weighted by atomic mass is 28.4. The molecule has 0 saturated carbocycles. The zero-order chi connectivity index (χ0) is 20.9. The van der Waals surface area contributed by atoms with Crippen LogP contribution in [0.15, 0.2) is 24.3 Å². The van der Waals surface area contributed by atoms with Crippen molar-refractivity contribution in [3.05, 3.63) is 35.6 Å². The Bertz CT molecular complexity index is 603. The Morgan fingerprint density at radius 2 is 1.67 bits per heavy atom. The smallest absolute Gasteiger partial charge is 0.307 e. The van der Waals surface area contributed by atoms with E-state index in [0.29, 0.717) is 13.2 Å². The number of esters is 1. The van der Waals surface area contributed by atoms with Crippen molar-refractivity contribution in [3.8, 4) is 0 Å².